The number of rotatable bonds is 2. The zero-order chi connectivity index (χ0) is 4.12. The van der Waals surface area contributed by atoms with Crippen molar-refractivity contribution in [1.29, 1.82) is 0 Å². The summed E-state index contributed by atoms with van der Waals surface area (Å²) < 4.78 is 0. The SMILES string of the molecule is CC[CH-]CC.[Cl-].[Mg+2]. The normalized spacial score (nSPS) is 6.00. The van der Waals surface area contributed by atoms with Gasteiger partial charge in [-0.3, -0.25) is 0 Å². The van der Waals surface area contributed by atoms with Crippen LogP contribution in [0, 0.1) is 6.42 Å². The van der Waals surface area contributed by atoms with Crippen molar-refractivity contribution >= 4 is 23.1 Å². The summed E-state index contributed by atoms with van der Waals surface area (Å²) in [6.07, 6.45) is 4.69. The molecule has 0 N–H and O–H groups in total. The van der Waals surface area contributed by atoms with Gasteiger partial charge in [0.1, 0.15) is 0 Å². The smallest absolute Gasteiger partial charge is 1.00 e. The monoisotopic (exact) mass is 130 g/mol. The first-order valence-electron chi connectivity index (χ1n) is 2.23. The standard InChI is InChI=1S/C5H11.ClH.Mg/c1-3-5-4-2;;/h5H,3-4H2,1-2H3;1H;/q-1;;+2/p-1. The van der Waals surface area contributed by atoms with Crippen LogP contribution in [0.25, 0.3) is 0 Å². The second kappa shape index (κ2) is 15.7. The second-order valence-corrected chi connectivity index (χ2v) is 1.11. The molecule has 0 spiro atoms. The summed E-state index contributed by atoms with van der Waals surface area (Å²) in [7, 11) is 0. The third-order valence-corrected chi connectivity index (χ3v) is 0.577. The van der Waals surface area contributed by atoms with Gasteiger partial charge in [0.2, 0.25) is 0 Å². The zero-order valence-electron chi connectivity index (χ0n) is 5.08. The minimum atomic E-state index is 0. The fraction of sp³-hybridized carbons (Fsp3) is 0.800. The van der Waals surface area contributed by atoms with E-state index in [1.165, 1.54) is 12.8 Å². The van der Waals surface area contributed by atoms with E-state index in [0.717, 1.165) is 0 Å². The predicted octanol–water partition coefficient (Wildman–Crippen LogP) is -1.37. The Hall–Kier alpha value is 1.06. The zero-order valence-corrected chi connectivity index (χ0v) is 7.25. The van der Waals surface area contributed by atoms with Crippen LogP contribution in [0.3, 0.4) is 0 Å². The summed E-state index contributed by atoms with van der Waals surface area (Å²) >= 11 is 0. The Labute approximate surface area is 68.6 Å². The molecule has 0 aromatic carbocycles. The molecule has 0 aliphatic rings. The van der Waals surface area contributed by atoms with Gasteiger partial charge in [0.25, 0.3) is 0 Å². The van der Waals surface area contributed by atoms with Crippen molar-refractivity contribution < 1.29 is 12.4 Å². The Morgan fingerprint density at radius 1 is 1.14 bits per heavy atom. The first kappa shape index (κ1) is 15.7. The van der Waals surface area contributed by atoms with E-state index in [1.54, 1.807) is 0 Å². The summed E-state index contributed by atoms with van der Waals surface area (Å²) in [5.41, 5.74) is 0. The van der Waals surface area contributed by atoms with Gasteiger partial charge in [-0.2, -0.15) is 12.8 Å². The van der Waals surface area contributed by atoms with Crippen molar-refractivity contribution in [2.75, 3.05) is 0 Å². The van der Waals surface area contributed by atoms with Gasteiger partial charge >= 0.3 is 23.1 Å². The van der Waals surface area contributed by atoms with Crippen molar-refractivity contribution in [3.8, 4) is 0 Å². The van der Waals surface area contributed by atoms with Gasteiger partial charge in [-0.25, -0.2) is 0 Å². The second-order valence-electron chi connectivity index (χ2n) is 1.11. The minimum absolute atomic E-state index is 0. The molecule has 0 amide bonds. The average Bonchev–Trinajstić information content (AvgIpc) is 1.41. The van der Waals surface area contributed by atoms with Gasteiger partial charge in [-0.1, -0.05) is 13.8 Å². The van der Waals surface area contributed by atoms with E-state index in [2.05, 4.69) is 20.3 Å². The summed E-state index contributed by atoms with van der Waals surface area (Å²) in [5, 5.41) is 0. The molecule has 0 saturated heterocycles. The van der Waals surface area contributed by atoms with Crippen LogP contribution >= 0.6 is 0 Å². The summed E-state index contributed by atoms with van der Waals surface area (Å²) in [6.45, 7) is 4.31. The molecule has 40 valence electrons. The number of unbranched alkanes of at least 4 members (excludes halogenated alkanes) is 2. The molecule has 0 unspecified atom stereocenters. The van der Waals surface area contributed by atoms with Crippen molar-refractivity contribution in [2.24, 2.45) is 0 Å². The Morgan fingerprint density at radius 2 is 1.43 bits per heavy atom. The van der Waals surface area contributed by atoms with Crippen LogP contribution in [0.5, 0.6) is 0 Å². The fourth-order valence-corrected chi connectivity index (χ4v) is 0.289. The molecular formula is C5H11ClMg. The molecule has 0 bridgehead atoms. The van der Waals surface area contributed by atoms with Gasteiger partial charge in [-0.15, -0.1) is 0 Å². The Morgan fingerprint density at radius 3 is 1.43 bits per heavy atom. The van der Waals surface area contributed by atoms with E-state index in [9.17, 15) is 0 Å². The van der Waals surface area contributed by atoms with Crippen molar-refractivity contribution in [3.05, 3.63) is 6.42 Å². The van der Waals surface area contributed by atoms with E-state index >= 15 is 0 Å². The summed E-state index contributed by atoms with van der Waals surface area (Å²) in [5.74, 6) is 0. The van der Waals surface area contributed by atoms with Crippen LogP contribution in [0.4, 0.5) is 0 Å². The molecule has 0 radical (unpaired) electrons. The maximum Gasteiger partial charge on any atom is 2.00 e. The van der Waals surface area contributed by atoms with E-state index < -0.39 is 0 Å². The van der Waals surface area contributed by atoms with Gasteiger partial charge in [0, 0.05) is 0 Å². The third kappa shape index (κ3) is 19.3. The van der Waals surface area contributed by atoms with Crippen LogP contribution in [-0.2, 0) is 0 Å². The van der Waals surface area contributed by atoms with Crippen LogP contribution < -0.4 is 12.4 Å². The molecule has 7 heavy (non-hydrogen) atoms. The fourth-order valence-electron chi connectivity index (χ4n) is 0.289. The van der Waals surface area contributed by atoms with E-state index in [-0.39, 0.29) is 35.5 Å². The summed E-state index contributed by atoms with van der Waals surface area (Å²) in [6, 6.07) is 0. The number of halogens is 1. The quantitative estimate of drug-likeness (QED) is 0.320. The minimum Gasteiger partial charge on any atom is -1.00 e. The van der Waals surface area contributed by atoms with Crippen LogP contribution in [-0.4, -0.2) is 23.1 Å². The maximum absolute atomic E-state index is 2.25. The molecule has 0 aliphatic carbocycles. The molecule has 0 fully saturated rings. The Balaban J connectivity index is -0.0000000800. The molecule has 0 aromatic rings. The van der Waals surface area contributed by atoms with Crippen molar-refractivity contribution in [3.63, 3.8) is 0 Å². The van der Waals surface area contributed by atoms with Crippen LogP contribution in [0.1, 0.15) is 26.7 Å². The van der Waals surface area contributed by atoms with Crippen molar-refractivity contribution in [1.82, 2.24) is 0 Å². The third-order valence-electron chi connectivity index (χ3n) is 0.577. The van der Waals surface area contributed by atoms with Gasteiger partial charge in [0.05, 0.1) is 0 Å². The summed E-state index contributed by atoms with van der Waals surface area (Å²) in [4.78, 5) is 0. The molecule has 0 heterocycles. The molecule has 0 aromatic heterocycles. The predicted molar refractivity (Wildman–Crippen MR) is 30.6 cm³/mol. The van der Waals surface area contributed by atoms with Crippen molar-refractivity contribution in [2.45, 2.75) is 26.7 Å². The molecular weight excluding hydrogens is 120 g/mol. The molecule has 0 saturated carbocycles. The Bertz CT molecular complexity index is 15.6. The molecule has 0 aliphatic heterocycles. The van der Waals surface area contributed by atoms with Crippen LogP contribution in [0.15, 0.2) is 0 Å². The van der Waals surface area contributed by atoms with E-state index in [1.807, 2.05) is 0 Å². The van der Waals surface area contributed by atoms with E-state index in [0.29, 0.717) is 0 Å². The first-order chi connectivity index (χ1) is 2.41. The number of hydrogen-bond donors (Lipinski definition) is 0. The number of hydrogen-bond acceptors (Lipinski definition) is 0. The first-order valence-corrected chi connectivity index (χ1v) is 2.23. The topological polar surface area (TPSA) is 0 Å². The Kier molecular flexibility index (Phi) is 35.3. The molecule has 0 atom stereocenters. The molecule has 0 rings (SSSR count). The maximum atomic E-state index is 2.25. The van der Waals surface area contributed by atoms with Crippen LogP contribution in [0.2, 0.25) is 0 Å². The average molecular weight is 131 g/mol. The molecule has 2 heteroatoms. The molecule has 0 nitrogen and oxygen atoms in total. The van der Waals surface area contributed by atoms with E-state index in [4.69, 9.17) is 0 Å². The van der Waals surface area contributed by atoms with Gasteiger partial charge in [-0.05, 0) is 0 Å². The largest absolute Gasteiger partial charge is 2.00 e. The van der Waals surface area contributed by atoms with Gasteiger partial charge in [0.15, 0.2) is 0 Å². The van der Waals surface area contributed by atoms with Gasteiger partial charge < -0.3 is 18.8 Å².